The fourth-order valence-corrected chi connectivity index (χ4v) is 4.71. The van der Waals surface area contributed by atoms with Gasteiger partial charge in [-0.3, -0.25) is 15.1 Å². The van der Waals surface area contributed by atoms with Crippen molar-refractivity contribution in [2.45, 2.75) is 24.4 Å². The molecule has 1 aliphatic heterocycles. The molecule has 2 aromatic carbocycles. The van der Waals surface area contributed by atoms with E-state index in [1.807, 2.05) is 13.0 Å². The van der Waals surface area contributed by atoms with Gasteiger partial charge in [0.1, 0.15) is 5.75 Å². The average molecular weight is 500 g/mol. The van der Waals surface area contributed by atoms with Gasteiger partial charge in [0.25, 0.3) is 5.91 Å². The van der Waals surface area contributed by atoms with Crippen molar-refractivity contribution in [3.8, 4) is 5.75 Å². The molecule has 1 heterocycles. The largest absolute Gasteiger partial charge is 0.495 e. The maximum atomic E-state index is 12.9. The molecule has 1 aliphatic rings. The summed E-state index contributed by atoms with van der Waals surface area (Å²) in [6.07, 6.45) is -2.87. The average Bonchev–Trinajstić information content (AvgIpc) is 2.80. The first kappa shape index (κ1) is 25.5. The number of sulfonamides is 1. The van der Waals surface area contributed by atoms with Crippen molar-refractivity contribution in [2.75, 3.05) is 32.1 Å². The van der Waals surface area contributed by atoms with E-state index in [-0.39, 0.29) is 26.1 Å². The first-order chi connectivity index (χ1) is 16.0. The Morgan fingerprint density at radius 3 is 2.56 bits per heavy atom. The number of nitrogens with one attached hydrogen (secondary N) is 2. The maximum absolute atomic E-state index is 12.9. The van der Waals surface area contributed by atoms with Gasteiger partial charge >= 0.3 is 6.18 Å². The van der Waals surface area contributed by atoms with Crippen LogP contribution in [0, 0.1) is 6.92 Å². The van der Waals surface area contributed by atoms with Crippen molar-refractivity contribution >= 4 is 21.6 Å². The van der Waals surface area contributed by atoms with E-state index in [1.54, 1.807) is 12.1 Å². The highest BCUT2D eigenvalue weighted by atomic mass is 32.2. The predicted octanol–water partition coefficient (Wildman–Crippen LogP) is 3.46. The van der Waals surface area contributed by atoms with Crippen molar-refractivity contribution in [1.82, 2.24) is 9.79 Å². The summed E-state index contributed by atoms with van der Waals surface area (Å²) in [4.78, 5) is 17.0. The molecule has 0 saturated heterocycles. The number of anilines is 1. The van der Waals surface area contributed by atoms with E-state index in [2.05, 4.69) is 10.8 Å². The summed E-state index contributed by atoms with van der Waals surface area (Å²) in [6.45, 7) is 1.48. The molecule has 8 nitrogen and oxygen atoms in total. The van der Waals surface area contributed by atoms with Gasteiger partial charge in [-0.1, -0.05) is 18.2 Å². The highest BCUT2D eigenvalue weighted by molar-refractivity contribution is 7.89. The fourth-order valence-electron chi connectivity index (χ4n) is 3.28. The fraction of sp³-hybridized carbons (Fsp3) is 0.318. The van der Waals surface area contributed by atoms with Crippen LogP contribution in [0.25, 0.3) is 0 Å². The predicted molar refractivity (Wildman–Crippen MR) is 118 cm³/mol. The molecule has 3 rings (SSSR count). The van der Waals surface area contributed by atoms with Crippen LogP contribution in [0.15, 0.2) is 59.1 Å². The molecule has 2 N–H and O–H groups in total. The van der Waals surface area contributed by atoms with Gasteiger partial charge in [0, 0.05) is 25.2 Å². The zero-order valence-corrected chi connectivity index (χ0v) is 19.3. The molecule has 0 radical (unpaired) electrons. The molecule has 0 atom stereocenters. The summed E-state index contributed by atoms with van der Waals surface area (Å²) >= 11 is 0. The second kappa shape index (κ2) is 10.5. The Labute approximate surface area is 195 Å². The Bertz CT molecular complexity index is 1180. The molecule has 0 saturated carbocycles. The zero-order chi connectivity index (χ0) is 24.9. The number of carbonyl (C=O) groups is 1. The van der Waals surface area contributed by atoms with Crippen LogP contribution in [-0.4, -0.2) is 45.4 Å². The number of para-hydroxylation sites is 1. The van der Waals surface area contributed by atoms with Crippen LogP contribution in [0.2, 0.25) is 0 Å². The minimum absolute atomic E-state index is 0.0351. The van der Waals surface area contributed by atoms with E-state index in [1.165, 1.54) is 13.2 Å². The number of alkyl halides is 3. The Balaban J connectivity index is 1.54. The second-order valence-electron chi connectivity index (χ2n) is 7.46. The quantitative estimate of drug-likeness (QED) is 0.540. The van der Waals surface area contributed by atoms with E-state index < -0.39 is 32.6 Å². The number of hydrogen-bond acceptors (Lipinski definition) is 6. The highest BCUT2D eigenvalue weighted by Gasteiger charge is 2.33. The topological polar surface area (TPSA) is 97.0 Å². The smallest absolute Gasteiger partial charge is 0.416 e. The van der Waals surface area contributed by atoms with Crippen LogP contribution in [0.3, 0.4) is 0 Å². The van der Waals surface area contributed by atoms with Gasteiger partial charge in [0.2, 0.25) is 10.0 Å². The third-order valence-electron chi connectivity index (χ3n) is 5.10. The lowest BCUT2D eigenvalue weighted by Crippen LogP contribution is -2.37. The second-order valence-corrected chi connectivity index (χ2v) is 9.40. The number of nitrogens with zero attached hydrogens (tertiary/aromatic N) is 1. The van der Waals surface area contributed by atoms with E-state index in [0.29, 0.717) is 23.2 Å². The SMILES string of the molecule is COc1cccc(C)c1NC(=O)CONC1=CCN(S(=O)(=O)c2cccc(C(F)(F)F)c2)CC1. The third kappa shape index (κ3) is 6.07. The molecule has 12 heteroatoms. The Morgan fingerprint density at radius 2 is 1.91 bits per heavy atom. The molecule has 1 amide bonds. The summed E-state index contributed by atoms with van der Waals surface area (Å²) < 4.78 is 70.6. The van der Waals surface area contributed by atoms with Crippen LogP contribution in [0.1, 0.15) is 17.5 Å². The number of rotatable bonds is 8. The number of methoxy groups -OCH3 is 1. The Hall–Kier alpha value is -3.09. The summed E-state index contributed by atoms with van der Waals surface area (Å²) in [6, 6.07) is 8.98. The van der Waals surface area contributed by atoms with Crippen LogP contribution >= 0.6 is 0 Å². The van der Waals surface area contributed by atoms with E-state index in [9.17, 15) is 26.4 Å². The van der Waals surface area contributed by atoms with Crippen molar-refractivity contribution in [2.24, 2.45) is 0 Å². The molecular weight excluding hydrogens is 475 g/mol. The van der Waals surface area contributed by atoms with Crippen LogP contribution < -0.4 is 15.5 Å². The number of hydrogen-bond donors (Lipinski definition) is 2. The normalized spacial score (nSPS) is 14.9. The molecule has 0 aromatic heterocycles. The van der Waals surface area contributed by atoms with Crippen LogP contribution in [-0.2, 0) is 25.8 Å². The third-order valence-corrected chi connectivity index (χ3v) is 6.96. The molecular formula is C22H24F3N3O5S. The van der Waals surface area contributed by atoms with Gasteiger partial charge in [-0.25, -0.2) is 8.42 Å². The lowest BCUT2D eigenvalue weighted by atomic mass is 10.2. The monoisotopic (exact) mass is 499 g/mol. The van der Waals surface area contributed by atoms with Gasteiger partial charge in [0.05, 0.1) is 23.3 Å². The number of amides is 1. The molecule has 2 aromatic rings. The van der Waals surface area contributed by atoms with Crippen molar-refractivity contribution < 1.29 is 36.0 Å². The lowest BCUT2D eigenvalue weighted by molar-refractivity contribution is -0.137. The standard InChI is InChI=1S/C22H24F3N3O5S/c1-15-5-3-8-19(32-2)21(15)26-20(29)14-33-27-17-9-11-28(12-10-17)34(30,31)18-7-4-6-16(13-18)22(23,24)25/h3-9,13,27H,10-12,14H2,1-2H3,(H,26,29). The van der Waals surface area contributed by atoms with E-state index >= 15 is 0 Å². The molecule has 0 aliphatic carbocycles. The number of ether oxygens (including phenoxy) is 1. The molecule has 184 valence electrons. The maximum Gasteiger partial charge on any atom is 0.416 e. The van der Waals surface area contributed by atoms with Gasteiger partial charge in [0.15, 0.2) is 6.61 Å². The van der Waals surface area contributed by atoms with Crippen LogP contribution in [0.5, 0.6) is 5.75 Å². The van der Waals surface area contributed by atoms with Crippen molar-refractivity contribution in [3.05, 3.63) is 65.4 Å². The molecule has 0 bridgehead atoms. The zero-order valence-electron chi connectivity index (χ0n) is 18.5. The van der Waals surface area contributed by atoms with Crippen molar-refractivity contribution in [3.63, 3.8) is 0 Å². The van der Waals surface area contributed by atoms with E-state index in [0.717, 1.165) is 28.1 Å². The first-order valence-electron chi connectivity index (χ1n) is 10.2. The molecule has 0 unspecified atom stereocenters. The van der Waals surface area contributed by atoms with Gasteiger partial charge < -0.3 is 10.1 Å². The van der Waals surface area contributed by atoms with Gasteiger partial charge in [-0.15, -0.1) is 0 Å². The molecule has 0 fully saturated rings. The summed E-state index contributed by atoms with van der Waals surface area (Å²) in [7, 11) is -2.61. The molecule has 0 spiro atoms. The minimum atomic E-state index is -4.64. The highest BCUT2D eigenvalue weighted by Crippen LogP contribution is 2.31. The van der Waals surface area contributed by atoms with E-state index in [4.69, 9.17) is 9.57 Å². The lowest BCUT2D eigenvalue weighted by Gasteiger charge is -2.26. The Kier molecular flexibility index (Phi) is 7.85. The van der Waals surface area contributed by atoms with Crippen molar-refractivity contribution in [1.29, 1.82) is 0 Å². The van der Waals surface area contributed by atoms with Gasteiger partial charge in [-0.05, 0) is 42.8 Å². The van der Waals surface area contributed by atoms with Gasteiger partial charge in [-0.2, -0.15) is 17.5 Å². The summed E-state index contributed by atoms with van der Waals surface area (Å²) in [5, 5.41) is 2.71. The minimum Gasteiger partial charge on any atom is -0.495 e. The number of hydroxylamine groups is 1. The number of benzene rings is 2. The van der Waals surface area contributed by atoms with Crippen LogP contribution in [0.4, 0.5) is 18.9 Å². The summed E-state index contributed by atoms with van der Waals surface area (Å²) in [5.41, 5.74) is 3.50. The number of halogens is 3. The first-order valence-corrected chi connectivity index (χ1v) is 11.6. The molecule has 34 heavy (non-hydrogen) atoms. The number of carbonyl (C=O) groups excluding carboxylic acids is 1. The summed E-state index contributed by atoms with van der Waals surface area (Å²) in [5.74, 6) is 0.0867. The Morgan fingerprint density at radius 1 is 1.18 bits per heavy atom. The number of aryl methyl sites for hydroxylation is 1.